The Bertz CT molecular complexity index is 785. The predicted octanol–water partition coefficient (Wildman–Crippen LogP) is 2.40. The molecule has 6 nitrogen and oxygen atoms in total. The zero-order valence-electron chi connectivity index (χ0n) is 13.8. The van der Waals surface area contributed by atoms with Crippen molar-refractivity contribution in [2.75, 3.05) is 12.4 Å². The zero-order valence-corrected chi connectivity index (χ0v) is 13.8. The number of carbonyl (C=O) groups excluding carboxylic acids is 2. The number of hydrogen-bond donors (Lipinski definition) is 2. The van der Waals surface area contributed by atoms with Crippen LogP contribution in [0.2, 0.25) is 0 Å². The number of rotatable bonds is 4. The normalized spacial score (nSPS) is 10.5. The van der Waals surface area contributed by atoms with Gasteiger partial charge >= 0.3 is 11.8 Å². The maximum Gasteiger partial charge on any atom is 0.329 e. The van der Waals surface area contributed by atoms with Gasteiger partial charge in [-0.15, -0.1) is 0 Å². The van der Waals surface area contributed by atoms with Crippen LogP contribution in [-0.2, 0) is 9.59 Å². The molecule has 0 spiro atoms. The lowest BCUT2D eigenvalue weighted by Crippen LogP contribution is -2.32. The predicted molar refractivity (Wildman–Crippen MR) is 93.3 cm³/mol. The Labute approximate surface area is 140 Å². The highest BCUT2D eigenvalue weighted by Crippen LogP contribution is 2.17. The summed E-state index contributed by atoms with van der Waals surface area (Å²) in [6, 6.07) is 12.6. The van der Waals surface area contributed by atoms with Crippen molar-refractivity contribution >= 4 is 23.7 Å². The molecule has 0 atom stereocenters. The van der Waals surface area contributed by atoms with Crippen molar-refractivity contribution < 1.29 is 14.3 Å². The lowest BCUT2D eigenvalue weighted by Gasteiger charge is -2.09. The minimum atomic E-state index is -0.838. The zero-order chi connectivity index (χ0) is 17.5. The number of hydrogen-bond acceptors (Lipinski definition) is 4. The summed E-state index contributed by atoms with van der Waals surface area (Å²) in [5.74, 6) is -0.931. The van der Waals surface area contributed by atoms with Gasteiger partial charge in [0, 0.05) is 5.69 Å². The highest BCUT2D eigenvalue weighted by Gasteiger charge is 2.14. The summed E-state index contributed by atoms with van der Waals surface area (Å²) in [7, 11) is 1.57. The average Bonchev–Trinajstić information content (AvgIpc) is 2.59. The van der Waals surface area contributed by atoms with Crippen molar-refractivity contribution in [3.63, 3.8) is 0 Å². The van der Waals surface area contributed by atoms with Gasteiger partial charge in [-0.3, -0.25) is 9.59 Å². The number of carbonyl (C=O) groups is 2. The van der Waals surface area contributed by atoms with Gasteiger partial charge in [-0.1, -0.05) is 24.3 Å². The third-order valence-corrected chi connectivity index (χ3v) is 3.53. The van der Waals surface area contributed by atoms with Gasteiger partial charge in [0.15, 0.2) is 0 Å². The summed E-state index contributed by atoms with van der Waals surface area (Å²) < 4.78 is 5.09. The molecule has 124 valence electrons. The Hall–Kier alpha value is -3.15. The van der Waals surface area contributed by atoms with E-state index in [0.717, 1.165) is 16.7 Å². The van der Waals surface area contributed by atoms with Crippen molar-refractivity contribution in [3.05, 3.63) is 59.2 Å². The standard InChI is InChI=1S/C18H19N3O3/c1-12-6-4-9-16(13(12)2)20-17(22)18(23)21-19-11-14-7-5-8-15(10-14)24-3/h4-11H,1-3H3,(H,20,22)(H,21,23)/b19-11+. The molecule has 2 amide bonds. The summed E-state index contributed by atoms with van der Waals surface area (Å²) in [4.78, 5) is 23.7. The van der Waals surface area contributed by atoms with Crippen LogP contribution < -0.4 is 15.5 Å². The van der Waals surface area contributed by atoms with Gasteiger partial charge in [0.2, 0.25) is 0 Å². The van der Waals surface area contributed by atoms with Crippen LogP contribution in [0.25, 0.3) is 0 Å². The van der Waals surface area contributed by atoms with Gasteiger partial charge in [-0.25, -0.2) is 5.43 Å². The Balaban J connectivity index is 1.95. The smallest absolute Gasteiger partial charge is 0.329 e. The molecule has 2 aromatic rings. The third kappa shape index (κ3) is 4.42. The molecule has 0 fully saturated rings. The monoisotopic (exact) mass is 325 g/mol. The summed E-state index contributed by atoms with van der Waals surface area (Å²) >= 11 is 0. The number of ether oxygens (including phenoxy) is 1. The molecule has 0 saturated carbocycles. The van der Waals surface area contributed by atoms with E-state index in [1.165, 1.54) is 6.21 Å². The number of methoxy groups -OCH3 is 1. The fourth-order valence-electron chi connectivity index (χ4n) is 2.00. The van der Waals surface area contributed by atoms with E-state index in [4.69, 9.17) is 4.74 Å². The number of benzene rings is 2. The molecule has 0 aliphatic rings. The first-order valence-electron chi connectivity index (χ1n) is 7.36. The Morgan fingerprint density at radius 3 is 2.58 bits per heavy atom. The molecule has 0 aliphatic heterocycles. The van der Waals surface area contributed by atoms with Crippen LogP contribution in [0.1, 0.15) is 16.7 Å². The fourth-order valence-corrected chi connectivity index (χ4v) is 2.00. The second kappa shape index (κ2) is 7.92. The molecule has 0 aliphatic carbocycles. The lowest BCUT2D eigenvalue weighted by atomic mass is 10.1. The van der Waals surface area contributed by atoms with Crippen LogP contribution in [0, 0.1) is 13.8 Å². The van der Waals surface area contributed by atoms with E-state index in [0.29, 0.717) is 11.4 Å². The minimum Gasteiger partial charge on any atom is -0.497 e. The number of hydrazone groups is 1. The molecule has 2 aromatic carbocycles. The van der Waals surface area contributed by atoms with Crippen LogP contribution in [0.15, 0.2) is 47.6 Å². The first kappa shape index (κ1) is 17.2. The molecule has 0 saturated heterocycles. The summed E-state index contributed by atoms with van der Waals surface area (Å²) in [6.45, 7) is 3.81. The van der Waals surface area contributed by atoms with Gasteiger partial charge in [-0.05, 0) is 48.7 Å². The van der Waals surface area contributed by atoms with Gasteiger partial charge in [0.25, 0.3) is 0 Å². The molecule has 0 aromatic heterocycles. The summed E-state index contributed by atoms with van der Waals surface area (Å²) in [5.41, 5.74) is 5.49. The van der Waals surface area contributed by atoms with Crippen molar-refractivity contribution in [2.24, 2.45) is 5.10 Å². The van der Waals surface area contributed by atoms with E-state index >= 15 is 0 Å². The quantitative estimate of drug-likeness (QED) is 0.515. The second-order valence-corrected chi connectivity index (χ2v) is 5.18. The van der Waals surface area contributed by atoms with Gasteiger partial charge in [0.1, 0.15) is 5.75 Å². The van der Waals surface area contributed by atoms with Gasteiger partial charge in [0.05, 0.1) is 13.3 Å². The summed E-state index contributed by atoms with van der Waals surface area (Å²) in [6.07, 6.45) is 1.44. The molecule has 0 heterocycles. The lowest BCUT2D eigenvalue weighted by molar-refractivity contribution is -0.136. The Morgan fingerprint density at radius 1 is 1.08 bits per heavy atom. The van der Waals surface area contributed by atoms with E-state index in [1.807, 2.05) is 26.0 Å². The van der Waals surface area contributed by atoms with E-state index in [1.54, 1.807) is 37.4 Å². The molecule has 0 radical (unpaired) electrons. The van der Waals surface area contributed by atoms with Crippen molar-refractivity contribution in [1.82, 2.24) is 5.43 Å². The summed E-state index contributed by atoms with van der Waals surface area (Å²) in [5, 5.41) is 6.35. The minimum absolute atomic E-state index is 0.604. The molecule has 0 bridgehead atoms. The van der Waals surface area contributed by atoms with Crippen LogP contribution in [-0.4, -0.2) is 25.1 Å². The number of amides is 2. The number of aryl methyl sites for hydroxylation is 1. The highest BCUT2D eigenvalue weighted by atomic mass is 16.5. The van der Waals surface area contributed by atoms with Gasteiger partial charge in [-0.2, -0.15) is 5.10 Å². The fraction of sp³-hybridized carbons (Fsp3) is 0.167. The van der Waals surface area contributed by atoms with Crippen molar-refractivity contribution in [1.29, 1.82) is 0 Å². The molecule has 0 unspecified atom stereocenters. The maximum absolute atomic E-state index is 11.9. The van der Waals surface area contributed by atoms with E-state index in [2.05, 4.69) is 15.8 Å². The van der Waals surface area contributed by atoms with Crippen molar-refractivity contribution in [3.8, 4) is 5.75 Å². The molecule has 2 N–H and O–H groups in total. The second-order valence-electron chi connectivity index (χ2n) is 5.18. The topological polar surface area (TPSA) is 79.8 Å². The molecular formula is C18H19N3O3. The number of nitrogens with one attached hydrogen (secondary N) is 2. The first-order chi connectivity index (χ1) is 11.5. The SMILES string of the molecule is COc1cccc(/C=N/NC(=O)C(=O)Nc2cccc(C)c2C)c1. The Kier molecular flexibility index (Phi) is 5.68. The molecule has 24 heavy (non-hydrogen) atoms. The van der Waals surface area contributed by atoms with Gasteiger partial charge < -0.3 is 10.1 Å². The number of anilines is 1. The van der Waals surface area contributed by atoms with Crippen LogP contribution >= 0.6 is 0 Å². The van der Waals surface area contributed by atoms with E-state index in [9.17, 15) is 9.59 Å². The highest BCUT2D eigenvalue weighted by molar-refractivity contribution is 6.39. The van der Waals surface area contributed by atoms with Crippen LogP contribution in [0.4, 0.5) is 5.69 Å². The largest absolute Gasteiger partial charge is 0.497 e. The first-order valence-corrected chi connectivity index (χ1v) is 7.36. The third-order valence-electron chi connectivity index (χ3n) is 3.53. The van der Waals surface area contributed by atoms with E-state index in [-0.39, 0.29) is 0 Å². The Morgan fingerprint density at radius 2 is 1.83 bits per heavy atom. The average molecular weight is 325 g/mol. The van der Waals surface area contributed by atoms with Crippen LogP contribution in [0.5, 0.6) is 5.75 Å². The van der Waals surface area contributed by atoms with E-state index < -0.39 is 11.8 Å². The van der Waals surface area contributed by atoms with Crippen molar-refractivity contribution in [2.45, 2.75) is 13.8 Å². The molecule has 6 heteroatoms. The molecule has 2 rings (SSSR count). The number of nitrogens with zero attached hydrogens (tertiary/aromatic N) is 1. The molecular weight excluding hydrogens is 306 g/mol. The van der Waals surface area contributed by atoms with Crippen LogP contribution in [0.3, 0.4) is 0 Å². The maximum atomic E-state index is 11.9.